The third kappa shape index (κ3) is 2.86. The molecule has 0 aromatic heterocycles. The molecule has 1 N–H and O–H groups in total. The number of nitrogens with one attached hydrogen (secondary N) is 1. The first kappa shape index (κ1) is 11.2. The lowest BCUT2D eigenvalue weighted by atomic mass is 10.2. The molecule has 0 amide bonds. The highest BCUT2D eigenvalue weighted by atomic mass is 16.5. The van der Waals surface area contributed by atoms with E-state index in [0.29, 0.717) is 0 Å². The summed E-state index contributed by atoms with van der Waals surface area (Å²) in [5, 5.41) is 3.49. The van der Waals surface area contributed by atoms with Crippen LogP contribution in [0.1, 0.15) is 18.9 Å². The van der Waals surface area contributed by atoms with Gasteiger partial charge in [-0.05, 0) is 18.4 Å². The van der Waals surface area contributed by atoms with Gasteiger partial charge in [0, 0.05) is 18.2 Å². The monoisotopic (exact) mass is 217 g/mol. The number of ether oxygens (including phenoxy) is 1. The molecule has 1 aromatic carbocycles. The highest BCUT2D eigenvalue weighted by Crippen LogP contribution is 2.28. The average Bonchev–Trinajstić information content (AvgIpc) is 3.01. The highest BCUT2D eigenvalue weighted by Gasteiger charge is 2.31. The molecule has 2 nitrogen and oxygen atoms in total. The van der Waals surface area contributed by atoms with Gasteiger partial charge in [-0.2, -0.15) is 0 Å². The van der Waals surface area contributed by atoms with Crippen molar-refractivity contribution in [2.24, 2.45) is 5.92 Å². The van der Waals surface area contributed by atoms with Gasteiger partial charge in [0.05, 0.1) is 7.11 Å². The number of para-hydroxylation sites is 1. The number of rotatable bonds is 5. The molecule has 16 heavy (non-hydrogen) atoms. The largest absolute Gasteiger partial charge is 0.496 e. The first-order valence-corrected chi connectivity index (χ1v) is 5.84. The third-order valence-corrected chi connectivity index (χ3v) is 3.04. The molecule has 0 saturated heterocycles. The van der Waals surface area contributed by atoms with Crippen LogP contribution in [0.3, 0.4) is 0 Å². The van der Waals surface area contributed by atoms with Crippen LogP contribution in [0.4, 0.5) is 0 Å². The molecule has 1 aromatic rings. The SMILES string of the molecule is COc1ccccc1/C=C/CNC1CC1C. The molecule has 0 heterocycles. The second-order valence-electron chi connectivity index (χ2n) is 4.37. The molecule has 86 valence electrons. The molecule has 2 unspecified atom stereocenters. The molecule has 2 rings (SSSR count). The molecule has 0 radical (unpaired) electrons. The maximum absolute atomic E-state index is 5.28. The van der Waals surface area contributed by atoms with E-state index in [4.69, 9.17) is 4.74 Å². The number of benzene rings is 1. The van der Waals surface area contributed by atoms with E-state index in [-0.39, 0.29) is 0 Å². The maximum atomic E-state index is 5.28. The van der Waals surface area contributed by atoms with Crippen LogP contribution in [0.5, 0.6) is 5.75 Å². The summed E-state index contributed by atoms with van der Waals surface area (Å²) in [7, 11) is 1.71. The molecular weight excluding hydrogens is 198 g/mol. The molecule has 0 aliphatic heterocycles. The quantitative estimate of drug-likeness (QED) is 0.818. The van der Waals surface area contributed by atoms with Crippen LogP contribution in [-0.4, -0.2) is 19.7 Å². The van der Waals surface area contributed by atoms with Crippen molar-refractivity contribution < 1.29 is 4.74 Å². The molecule has 1 fully saturated rings. The Labute approximate surface area is 97.3 Å². The Bertz CT molecular complexity index is 373. The van der Waals surface area contributed by atoms with E-state index in [0.717, 1.165) is 29.8 Å². The fraction of sp³-hybridized carbons (Fsp3) is 0.429. The van der Waals surface area contributed by atoms with Gasteiger partial charge in [0.25, 0.3) is 0 Å². The lowest BCUT2D eigenvalue weighted by Crippen LogP contribution is -2.17. The van der Waals surface area contributed by atoms with Gasteiger partial charge in [-0.25, -0.2) is 0 Å². The fourth-order valence-corrected chi connectivity index (χ4v) is 1.82. The zero-order valence-corrected chi connectivity index (χ0v) is 9.94. The van der Waals surface area contributed by atoms with Gasteiger partial charge < -0.3 is 10.1 Å². The van der Waals surface area contributed by atoms with E-state index >= 15 is 0 Å². The van der Waals surface area contributed by atoms with E-state index in [2.05, 4.69) is 30.5 Å². The summed E-state index contributed by atoms with van der Waals surface area (Å²) < 4.78 is 5.28. The lowest BCUT2D eigenvalue weighted by Gasteiger charge is -2.03. The van der Waals surface area contributed by atoms with Crippen molar-refractivity contribution in [3.05, 3.63) is 35.9 Å². The molecule has 1 aliphatic carbocycles. The minimum atomic E-state index is 0.738. The van der Waals surface area contributed by atoms with Crippen molar-refractivity contribution in [2.45, 2.75) is 19.4 Å². The molecule has 0 bridgehead atoms. The van der Waals surface area contributed by atoms with E-state index < -0.39 is 0 Å². The second-order valence-corrected chi connectivity index (χ2v) is 4.37. The summed E-state index contributed by atoms with van der Waals surface area (Å²) in [5.41, 5.74) is 1.13. The third-order valence-electron chi connectivity index (χ3n) is 3.04. The lowest BCUT2D eigenvalue weighted by molar-refractivity contribution is 0.414. The van der Waals surface area contributed by atoms with Gasteiger partial charge >= 0.3 is 0 Å². The van der Waals surface area contributed by atoms with Crippen molar-refractivity contribution in [2.75, 3.05) is 13.7 Å². The van der Waals surface area contributed by atoms with Gasteiger partial charge in [0.2, 0.25) is 0 Å². The predicted molar refractivity (Wildman–Crippen MR) is 67.6 cm³/mol. The van der Waals surface area contributed by atoms with Crippen LogP contribution in [-0.2, 0) is 0 Å². The van der Waals surface area contributed by atoms with Crippen molar-refractivity contribution in [1.29, 1.82) is 0 Å². The summed E-state index contributed by atoms with van der Waals surface area (Å²) in [6.07, 6.45) is 5.59. The molecule has 2 atom stereocenters. The van der Waals surface area contributed by atoms with Gasteiger partial charge in [0.1, 0.15) is 5.75 Å². The summed E-state index contributed by atoms with van der Waals surface area (Å²) in [4.78, 5) is 0. The Hall–Kier alpha value is -1.28. The van der Waals surface area contributed by atoms with Gasteiger partial charge in [0.15, 0.2) is 0 Å². The first-order valence-electron chi connectivity index (χ1n) is 5.84. The Morgan fingerprint density at radius 1 is 1.44 bits per heavy atom. The number of hydrogen-bond acceptors (Lipinski definition) is 2. The topological polar surface area (TPSA) is 21.3 Å². The van der Waals surface area contributed by atoms with Crippen molar-refractivity contribution in [3.63, 3.8) is 0 Å². The van der Waals surface area contributed by atoms with Crippen LogP contribution in [0, 0.1) is 5.92 Å². The molecular formula is C14H19NO. The summed E-state index contributed by atoms with van der Waals surface area (Å²) in [6.45, 7) is 3.22. The Kier molecular flexibility index (Phi) is 3.62. The van der Waals surface area contributed by atoms with Gasteiger partial charge in [-0.15, -0.1) is 0 Å². The fourth-order valence-electron chi connectivity index (χ4n) is 1.82. The first-order chi connectivity index (χ1) is 7.81. The van der Waals surface area contributed by atoms with Crippen LogP contribution >= 0.6 is 0 Å². The van der Waals surface area contributed by atoms with Crippen LogP contribution in [0.15, 0.2) is 30.3 Å². The van der Waals surface area contributed by atoms with Crippen LogP contribution in [0.25, 0.3) is 6.08 Å². The van der Waals surface area contributed by atoms with Gasteiger partial charge in [-0.1, -0.05) is 37.3 Å². The Balaban J connectivity index is 1.85. The normalized spacial score (nSPS) is 23.6. The Morgan fingerprint density at radius 2 is 2.19 bits per heavy atom. The molecule has 0 spiro atoms. The minimum absolute atomic E-state index is 0.738. The highest BCUT2D eigenvalue weighted by molar-refractivity contribution is 5.57. The predicted octanol–water partition coefficient (Wildman–Crippen LogP) is 2.71. The van der Waals surface area contributed by atoms with Crippen molar-refractivity contribution in [3.8, 4) is 5.75 Å². The van der Waals surface area contributed by atoms with Gasteiger partial charge in [-0.3, -0.25) is 0 Å². The standard InChI is InChI=1S/C14H19NO/c1-11-10-13(11)15-9-5-7-12-6-3-4-8-14(12)16-2/h3-8,11,13,15H,9-10H2,1-2H3/b7-5+. The summed E-state index contributed by atoms with van der Waals surface area (Å²) >= 11 is 0. The van der Waals surface area contributed by atoms with E-state index in [1.807, 2.05) is 18.2 Å². The second kappa shape index (κ2) is 5.17. The minimum Gasteiger partial charge on any atom is -0.496 e. The van der Waals surface area contributed by atoms with Crippen LogP contribution in [0.2, 0.25) is 0 Å². The number of methoxy groups -OCH3 is 1. The van der Waals surface area contributed by atoms with Crippen molar-refractivity contribution >= 4 is 6.08 Å². The summed E-state index contributed by atoms with van der Waals surface area (Å²) in [5.74, 6) is 1.79. The summed E-state index contributed by atoms with van der Waals surface area (Å²) in [6, 6.07) is 8.80. The Morgan fingerprint density at radius 3 is 2.88 bits per heavy atom. The zero-order chi connectivity index (χ0) is 11.4. The average molecular weight is 217 g/mol. The number of hydrogen-bond donors (Lipinski definition) is 1. The van der Waals surface area contributed by atoms with E-state index in [9.17, 15) is 0 Å². The molecule has 1 aliphatic rings. The van der Waals surface area contributed by atoms with E-state index in [1.165, 1.54) is 6.42 Å². The maximum Gasteiger partial charge on any atom is 0.126 e. The smallest absolute Gasteiger partial charge is 0.126 e. The van der Waals surface area contributed by atoms with E-state index in [1.54, 1.807) is 7.11 Å². The van der Waals surface area contributed by atoms with Crippen molar-refractivity contribution in [1.82, 2.24) is 5.32 Å². The molecule has 1 saturated carbocycles. The zero-order valence-electron chi connectivity index (χ0n) is 9.94. The van der Waals surface area contributed by atoms with Crippen LogP contribution < -0.4 is 10.1 Å². The molecule has 2 heteroatoms.